The predicted octanol–water partition coefficient (Wildman–Crippen LogP) is 5.19. The van der Waals surface area contributed by atoms with E-state index in [9.17, 15) is 0 Å². The molecule has 0 aliphatic heterocycles. The summed E-state index contributed by atoms with van der Waals surface area (Å²) in [7, 11) is 0. The molecule has 0 spiro atoms. The van der Waals surface area contributed by atoms with Crippen LogP contribution in [0, 0.1) is 13.8 Å². The number of benzene rings is 1. The van der Waals surface area contributed by atoms with Crippen LogP contribution in [0.1, 0.15) is 23.2 Å². The molecular weight excluding hydrogens is 298 g/mol. The van der Waals surface area contributed by atoms with E-state index in [1.54, 1.807) is 22.7 Å². The molecule has 3 aromatic rings. The summed E-state index contributed by atoms with van der Waals surface area (Å²) >= 11 is 3.32. The zero-order chi connectivity index (χ0) is 14.8. The minimum Gasteiger partial charge on any atom is -0.332 e. The number of nitrogens with zero attached hydrogens (tertiary/aromatic N) is 2. The molecule has 108 valence electrons. The van der Waals surface area contributed by atoms with Crippen LogP contribution in [-0.4, -0.2) is 9.97 Å². The van der Waals surface area contributed by atoms with E-state index in [-0.39, 0.29) is 0 Å². The van der Waals surface area contributed by atoms with Gasteiger partial charge in [-0.1, -0.05) is 19.1 Å². The summed E-state index contributed by atoms with van der Waals surface area (Å²) in [5, 5.41) is 7.45. The second kappa shape index (κ2) is 5.95. The standard InChI is InChI=1S/C16H17N3S2/c1-4-12-5-7-13(8-6-12)18-16-19-14(9-20-16)15-10(2)17-11(3)21-15/h5-9H,4H2,1-3H3,(H,18,19). The van der Waals surface area contributed by atoms with E-state index in [1.807, 2.05) is 13.8 Å². The van der Waals surface area contributed by atoms with E-state index in [2.05, 4.69) is 51.9 Å². The van der Waals surface area contributed by atoms with Gasteiger partial charge in [-0.05, 0) is 38.0 Å². The third-order valence-electron chi connectivity index (χ3n) is 3.25. The van der Waals surface area contributed by atoms with Gasteiger partial charge >= 0.3 is 0 Å². The van der Waals surface area contributed by atoms with Gasteiger partial charge in [0.1, 0.15) is 0 Å². The van der Waals surface area contributed by atoms with Gasteiger partial charge < -0.3 is 5.32 Å². The summed E-state index contributed by atoms with van der Waals surface area (Å²) in [4.78, 5) is 10.3. The van der Waals surface area contributed by atoms with Crippen LogP contribution in [0.4, 0.5) is 10.8 Å². The zero-order valence-corrected chi connectivity index (χ0v) is 13.9. The number of nitrogens with one attached hydrogen (secondary N) is 1. The largest absolute Gasteiger partial charge is 0.332 e. The topological polar surface area (TPSA) is 37.8 Å². The summed E-state index contributed by atoms with van der Waals surface area (Å²) in [6.07, 6.45) is 1.06. The van der Waals surface area contributed by atoms with Crippen molar-refractivity contribution < 1.29 is 0 Å². The summed E-state index contributed by atoms with van der Waals surface area (Å²) < 4.78 is 0. The second-order valence-corrected chi connectivity index (χ2v) is 6.92. The highest BCUT2D eigenvalue weighted by Gasteiger charge is 2.11. The maximum atomic E-state index is 4.67. The van der Waals surface area contributed by atoms with E-state index in [0.29, 0.717) is 0 Å². The molecule has 0 radical (unpaired) electrons. The Hall–Kier alpha value is -1.72. The first-order valence-corrected chi connectivity index (χ1v) is 8.61. The molecule has 0 fully saturated rings. The Balaban J connectivity index is 1.80. The van der Waals surface area contributed by atoms with Gasteiger partial charge in [-0.15, -0.1) is 22.7 Å². The number of anilines is 2. The quantitative estimate of drug-likeness (QED) is 0.720. The molecular formula is C16H17N3S2. The van der Waals surface area contributed by atoms with Crippen LogP contribution < -0.4 is 5.32 Å². The SMILES string of the molecule is CCc1ccc(Nc2nc(-c3sc(C)nc3C)cs2)cc1. The normalized spacial score (nSPS) is 10.8. The summed E-state index contributed by atoms with van der Waals surface area (Å²) in [6.45, 7) is 6.23. The number of hydrogen-bond donors (Lipinski definition) is 1. The lowest BCUT2D eigenvalue weighted by Crippen LogP contribution is -1.90. The van der Waals surface area contributed by atoms with Crippen LogP contribution in [0.15, 0.2) is 29.6 Å². The maximum Gasteiger partial charge on any atom is 0.187 e. The van der Waals surface area contributed by atoms with Crippen molar-refractivity contribution in [3.63, 3.8) is 0 Å². The van der Waals surface area contributed by atoms with Crippen molar-refractivity contribution in [1.29, 1.82) is 0 Å². The van der Waals surface area contributed by atoms with Gasteiger partial charge in [0.15, 0.2) is 5.13 Å². The van der Waals surface area contributed by atoms with Crippen LogP contribution in [0.3, 0.4) is 0 Å². The Morgan fingerprint density at radius 1 is 1.10 bits per heavy atom. The van der Waals surface area contributed by atoms with E-state index in [1.165, 1.54) is 5.56 Å². The van der Waals surface area contributed by atoms with Crippen LogP contribution >= 0.6 is 22.7 Å². The molecule has 5 heteroatoms. The molecule has 0 aliphatic carbocycles. The van der Waals surface area contributed by atoms with Crippen molar-refractivity contribution in [3.05, 3.63) is 45.9 Å². The highest BCUT2D eigenvalue weighted by molar-refractivity contribution is 7.16. The van der Waals surface area contributed by atoms with Crippen molar-refractivity contribution in [2.24, 2.45) is 0 Å². The smallest absolute Gasteiger partial charge is 0.187 e. The molecule has 2 aromatic heterocycles. The second-order valence-electron chi connectivity index (χ2n) is 4.86. The van der Waals surface area contributed by atoms with Gasteiger partial charge in [0.25, 0.3) is 0 Å². The van der Waals surface area contributed by atoms with Gasteiger partial charge in [-0.25, -0.2) is 9.97 Å². The molecule has 0 saturated heterocycles. The Bertz CT molecular complexity index is 741. The van der Waals surface area contributed by atoms with E-state index >= 15 is 0 Å². The van der Waals surface area contributed by atoms with Gasteiger partial charge in [-0.3, -0.25) is 0 Å². The van der Waals surface area contributed by atoms with E-state index < -0.39 is 0 Å². The summed E-state index contributed by atoms with van der Waals surface area (Å²) in [5.74, 6) is 0. The number of thiazole rings is 2. The van der Waals surface area contributed by atoms with Gasteiger partial charge in [0.2, 0.25) is 0 Å². The number of aromatic nitrogens is 2. The monoisotopic (exact) mass is 315 g/mol. The van der Waals surface area contributed by atoms with Crippen LogP contribution in [0.25, 0.3) is 10.6 Å². The number of hydrogen-bond acceptors (Lipinski definition) is 5. The zero-order valence-electron chi connectivity index (χ0n) is 12.3. The third kappa shape index (κ3) is 3.14. The average molecular weight is 315 g/mol. The fourth-order valence-electron chi connectivity index (χ4n) is 2.15. The van der Waals surface area contributed by atoms with Crippen molar-refractivity contribution in [1.82, 2.24) is 9.97 Å². The highest BCUT2D eigenvalue weighted by Crippen LogP contribution is 2.32. The number of rotatable bonds is 4. The molecule has 0 atom stereocenters. The van der Waals surface area contributed by atoms with Crippen molar-refractivity contribution in [2.75, 3.05) is 5.32 Å². The molecule has 0 amide bonds. The van der Waals surface area contributed by atoms with Crippen molar-refractivity contribution in [2.45, 2.75) is 27.2 Å². The highest BCUT2D eigenvalue weighted by atomic mass is 32.1. The van der Waals surface area contributed by atoms with Gasteiger partial charge in [0, 0.05) is 11.1 Å². The summed E-state index contributed by atoms with van der Waals surface area (Å²) in [6, 6.07) is 8.49. The van der Waals surface area contributed by atoms with Crippen molar-refractivity contribution >= 4 is 33.5 Å². The van der Waals surface area contributed by atoms with Gasteiger partial charge in [-0.2, -0.15) is 0 Å². The van der Waals surface area contributed by atoms with Gasteiger partial charge in [0.05, 0.1) is 21.3 Å². The lowest BCUT2D eigenvalue weighted by molar-refractivity contribution is 1.14. The average Bonchev–Trinajstić information content (AvgIpc) is 3.06. The molecule has 0 saturated carbocycles. The molecule has 2 heterocycles. The van der Waals surface area contributed by atoms with Crippen LogP contribution in [0.2, 0.25) is 0 Å². The summed E-state index contributed by atoms with van der Waals surface area (Å²) in [5.41, 5.74) is 4.49. The Labute approximate surface area is 132 Å². The third-order valence-corrected chi connectivity index (χ3v) is 5.11. The Morgan fingerprint density at radius 3 is 2.48 bits per heavy atom. The predicted molar refractivity (Wildman–Crippen MR) is 91.8 cm³/mol. The van der Waals surface area contributed by atoms with Crippen LogP contribution in [0.5, 0.6) is 0 Å². The van der Waals surface area contributed by atoms with Crippen LogP contribution in [-0.2, 0) is 6.42 Å². The molecule has 1 N–H and O–H groups in total. The van der Waals surface area contributed by atoms with Crippen molar-refractivity contribution in [3.8, 4) is 10.6 Å². The molecule has 0 unspecified atom stereocenters. The van der Waals surface area contributed by atoms with E-state index in [0.717, 1.165) is 38.5 Å². The molecule has 3 nitrogen and oxygen atoms in total. The first-order valence-electron chi connectivity index (χ1n) is 6.91. The lowest BCUT2D eigenvalue weighted by Gasteiger charge is -2.03. The van der Waals surface area contributed by atoms with E-state index in [4.69, 9.17) is 0 Å². The Kier molecular flexibility index (Phi) is 4.03. The number of aryl methyl sites for hydroxylation is 3. The lowest BCUT2D eigenvalue weighted by atomic mass is 10.1. The Morgan fingerprint density at radius 2 is 1.86 bits per heavy atom. The first kappa shape index (κ1) is 14.2. The molecule has 0 bridgehead atoms. The molecule has 21 heavy (non-hydrogen) atoms. The minimum absolute atomic E-state index is 0.916. The fraction of sp³-hybridized carbons (Fsp3) is 0.250. The molecule has 3 rings (SSSR count). The fourth-order valence-corrected chi connectivity index (χ4v) is 3.83. The minimum atomic E-state index is 0.916. The molecule has 0 aliphatic rings. The first-order chi connectivity index (χ1) is 10.2. The molecule has 1 aromatic carbocycles. The maximum absolute atomic E-state index is 4.67.